The Balaban J connectivity index is 4.11. The topological polar surface area (TPSA) is 91.3 Å². The van der Waals surface area contributed by atoms with Crippen LogP contribution in [0.2, 0.25) is 0 Å². The van der Waals surface area contributed by atoms with Crippen LogP contribution in [0.4, 0.5) is 0 Å². The SMILES string of the molecule is CC/C=C\C/C=C\C/C=C\C/C=C\C/C=C\C/C=C\CCC(=O)O[C@H](COCCCCCCCCCCCCCCCCCC)COP(=O)(O)OCC. The molecular formula is C45H79O7P. The van der Waals surface area contributed by atoms with Gasteiger partial charge in [-0.25, -0.2) is 4.57 Å². The lowest BCUT2D eigenvalue weighted by Crippen LogP contribution is -2.28. The molecule has 0 aliphatic carbocycles. The van der Waals surface area contributed by atoms with Crippen molar-refractivity contribution in [2.45, 2.75) is 181 Å². The van der Waals surface area contributed by atoms with Gasteiger partial charge in [0, 0.05) is 13.0 Å². The first-order valence-corrected chi connectivity index (χ1v) is 22.7. The number of hydrogen-bond acceptors (Lipinski definition) is 6. The molecule has 0 heterocycles. The van der Waals surface area contributed by atoms with Crippen molar-refractivity contribution in [2.24, 2.45) is 0 Å². The van der Waals surface area contributed by atoms with E-state index in [-0.39, 0.29) is 26.2 Å². The van der Waals surface area contributed by atoms with Gasteiger partial charge in [0.1, 0.15) is 6.10 Å². The Morgan fingerprint density at radius 2 is 0.962 bits per heavy atom. The molecule has 0 radical (unpaired) electrons. The number of rotatable bonds is 39. The van der Waals surface area contributed by atoms with Crippen LogP contribution in [-0.2, 0) is 27.9 Å². The second kappa shape index (κ2) is 41.1. The fourth-order valence-electron chi connectivity index (χ4n) is 5.55. The van der Waals surface area contributed by atoms with Crippen LogP contribution in [0.1, 0.15) is 175 Å². The van der Waals surface area contributed by atoms with E-state index >= 15 is 0 Å². The lowest BCUT2D eigenvalue weighted by atomic mass is 10.0. The van der Waals surface area contributed by atoms with Gasteiger partial charge in [-0.15, -0.1) is 0 Å². The normalized spacial score (nSPS) is 14.3. The lowest BCUT2D eigenvalue weighted by molar-refractivity contribution is -0.154. The minimum absolute atomic E-state index is 0.0416. The van der Waals surface area contributed by atoms with Crippen LogP contribution < -0.4 is 0 Å². The number of unbranched alkanes of at least 4 members (excludes halogenated alkanes) is 15. The minimum Gasteiger partial charge on any atom is -0.457 e. The van der Waals surface area contributed by atoms with Gasteiger partial charge in [0.15, 0.2) is 0 Å². The third-order valence-corrected chi connectivity index (χ3v) is 9.63. The average molecular weight is 763 g/mol. The molecule has 7 nitrogen and oxygen atoms in total. The van der Waals surface area contributed by atoms with Crippen LogP contribution in [0.25, 0.3) is 0 Å². The van der Waals surface area contributed by atoms with E-state index in [0.29, 0.717) is 13.0 Å². The lowest BCUT2D eigenvalue weighted by Gasteiger charge is -2.19. The number of allylic oxidation sites excluding steroid dienone is 12. The highest BCUT2D eigenvalue weighted by molar-refractivity contribution is 7.47. The molecular weight excluding hydrogens is 683 g/mol. The van der Waals surface area contributed by atoms with Crippen LogP contribution in [-0.4, -0.2) is 43.4 Å². The minimum atomic E-state index is -4.20. The number of esters is 1. The summed E-state index contributed by atoms with van der Waals surface area (Å²) in [5, 5.41) is 0. The van der Waals surface area contributed by atoms with Crippen LogP contribution in [0.15, 0.2) is 72.9 Å². The zero-order valence-corrected chi connectivity index (χ0v) is 35.0. The summed E-state index contributed by atoms with van der Waals surface area (Å²) >= 11 is 0. The molecule has 8 heteroatoms. The van der Waals surface area contributed by atoms with Gasteiger partial charge in [0.25, 0.3) is 0 Å². The molecule has 0 spiro atoms. The molecule has 53 heavy (non-hydrogen) atoms. The number of ether oxygens (including phenoxy) is 2. The zero-order chi connectivity index (χ0) is 38.8. The maximum atomic E-state index is 12.5. The van der Waals surface area contributed by atoms with Crippen molar-refractivity contribution in [1.29, 1.82) is 0 Å². The molecule has 0 bridgehead atoms. The standard InChI is InChI=1S/C45H79O7P/c1-4-7-9-11-13-15-17-19-21-23-24-25-26-28-30-32-34-36-38-40-45(46)52-44(43-51-53(47,48)50-6-3)42-49-41-39-37-35-33-31-29-27-22-20-18-16-14-12-10-8-5-2/h7,9,13,15,19,21,24-25,28,30,34,36,44H,4-6,8,10-12,14,16-18,20,22-23,26-27,29,31-33,35,37-43H2,1-3H3,(H,47,48)/b9-7-,15-13-,21-19-,25-24-,30-28-,36-34-/t44-/m1/s1. The number of carbonyl (C=O) groups is 1. The summed E-state index contributed by atoms with van der Waals surface area (Å²) in [4.78, 5) is 22.3. The predicted molar refractivity (Wildman–Crippen MR) is 225 cm³/mol. The van der Waals surface area contributed by atoms with E-state index < -0.39 is 19.9 Å². The van der Waals surface area contributed by atoms with Crippen LogP contribution in [0, 0.1) is 0 Å². The molecule has 0 rings (SSSR count). The summed E-state index contributed by atoms with van der Waals surface area (Å²) in [6.45, 7) is 6.46. The molecule has 0 aliphatic rings. The third-order valence-electron chi connectivity index (χ3n) is 8.57. The van der Waals surface area contributed by atoms with E-state index in [1.54, 1.807) is 6.92 Å². The summed E-state index contributed by atoms with van der Waals surface area (Å²) in [7, 11) is -4.20. The Morgan fingerprint density at radius 1 is 0.547 bits per heavy atom. The molecule has 306 valence electrons. The van der Waals surface area contributed by atoms with Gasteiger partial charge >= 0.3 is 13.8 Å². The molecule has 1 unspecified atom stereocenters. The molecule has 0 aliphatic heterocycles. The summed E-state index contributed by atoms with van der Waals surface area (Å²) in [6.07, 6.45) is 52.4. The van der Waals surface area contributed by atoms with E-state index in [0.717, 1.165) is 51.4 Å². The van der Waals surface area contributed by atoms with Crippen molar-refractivity contribution >= 4 is 13.8 Å². The van der Waals surface area contributed by atoms with Gasteiger partial charge in [-0.3, -0.25) is 13.8 Å². The van der Waals surface area contributed by atoms with E-state index in [4.69, 9.17) is 18.5 Å². The Labute approximate surface area is 326 Å². The fourth-order valence-corrected chi connectivity index (χ4v) is 6.30. The van der Waals surface area contributed by atoms with Crippen molar-refractivity contribution in [3.05, 3.63) is 72.9 Å². The number of hydrogen-bond donors (Lipinski definition) is 1. The van der Waals surface area contributed by atoms with Crippen LogP contribution in [0.5, 0.6) is 0 Å². The van der Waals surface area contributed by atoms with Crippen molar-refractivity contribution in [3.63, 3.8) is 0 Å². The number of carbonyl (C=O) groups excluding carboxylic acids is 1. The molecule has 0 saturated carbocycles. The monoisotopic (exact) mass is 763 g/mol. The Morgan fingerprint density at radius 3 is 1.40 bits per heavy atom. The van der Waals surface area contributed by atoms with Gasteiger partial charge < -0.3 is 14.4 Å². The summed E-state index contributed by atoms with van der Waals surface area (Å²) in [5.74, 6) is -0.395. The molecule has 0 fully saturated rings. The molecule has 0 aromatic heterocycles. The second-order valence-electron chi connectivity index (χ2n) is 13.6. The van der Waals surface area contributed by atoms with Gasteiger partial charge in [-0.05, 0) is 58.3 Å². The van der Waals surface area contributed by atoms with Crippen LogP contribution in [0.3, 0.4) is 0 Å². The first kappa shape index (κ1) is 51.0. The highest BCUT2D eigenvalue weighted by atomic mass is 31.2. The van der Waals surface area contributed by atoms with Gasteiger partial charge in [0.2, 0.25) is 0 Å². The molecule has 0 aromatic rings. The van der Waals surface area contributed by atoms with E-state index in [1.807, 2.05) is 12.2 Å². The summed E-state index contributed by atoms with van der Waals surface area (Å²) < 4.78 is 33.2. The van der Waals surface area contributed by atoms with Crippen LogP contribution >= 0.6 is 7.82 Å². The Kier molecular flexibility index (Phi) is 39.6. The van der Waals surface area contributed by atoms with Gasteiger partial charge in [0.05, 0.1) is 19.8 Å². The van der Waals surface area contributed by atoms with Gasteiger partial charge in [-0.2, -0.15) is 0 Å². The molecule has 0 aromatic carbocycles. The smallest absolute Gasteiger partial charge is 0.457 e. The Hall–Kier alpha value is -2.02. The molecule has 2 atom stereocenters. The molecule has 0 saturated heterocycles. The second-order valence-corrected chi connectivity index (χ2v) is 15.1. The quantitative estimate of drug-likeness (QED) is 0.0288. The average Bonchev–Trinajstić information content (AvgIpc) is 3.14. The van der Waals surface area contributed by atoms with Crippen molar-refractivity contribution in [2.75, 3.05) is 26.4 Å². The maximum Gasteiger partial charge on any atom is 0.472 e. The highest BCUT2D eigenvalue weighted by Crippen LogP contribution is 2.43. The first-order valence-electron chi connectivity index (χ1n) is 21.2. The van der Waals surface area contributed by atoms with Crippen molar-refractivity contribution < 1.29 is 32.8 Å². The van der Waals surface area contributed by atoms with Crippen molar-refractivity contribution in [3.8, 4) is 0 Å². The molecule has 1 N–H and O–H groups in total. The predicted octanol–water partition coefficient (Wildman–Crippen LogP) is 13.8. The fraction of sp³-hybridized carbons (Fsp3) is 0.711. The summed E-state index contributed by atoms with van der Waals surface area (Å²) in [5.41, 5.74) is 0. The first-order chi connectivity index (χ1) is 25.9. The zero-order valence-electron chi connectivity index (χ0n) is 34.1. The number of phosphoric acid groups is 1. The van der Waals surface area contributed by atoms with E-state index in [1.165, 1.54) is 89.9 Å². The Bertz CT molecular complexity index is 1030. The summed E-state index contributed by atoms with van der Waals surface area (Å²) in [6, 6.07) is 0. The van der Waals surface area contributed by atoms with Gasteiger partial charge in [-0.1, -0.05) is 183 Å². The van der Waals surface area contributed by atoms with Crippen molar-refractivity contribution in [1.82, 2.24) is 0 Å². The van der Waals surface area contributed by atoms with E-state index in [9.17, 15) is 14.3 Å². The maximum absolute atomic E-state index is 12.5. The molecule has 0 amide bonds. The number of phosphoric ester groups is 1. The largest absolute Gasteiger partial charge is 0.472 e. The van der Waals surface area contributed by atoms with E-state index in [2.05, 4.69) is 74.6 Å². The highest BCUT2D eigenvalue weighted by Gasteiger charge is 2.24. The third kappa shape index (κ3) is 41.0.